The van der Waals surface area contributed by atoms with E-state index in [1.807, 2.05) is 6.07 Å². The zero-order valence-corrected chi connectivity index (χ0v) is 9.75. The molecule has 1 spiro atoms. The maximum atomic E-state index is 12.3. The van der Waals surface area contributed by atoms with E-state index in [9.17, 15) is 9.59 Å². The van der Waals surface area contributed by atoms with Crippen LogP contribution in [-0.4, -0.2) is 22.3 Å². The van der Waals surface area contributed by atoms with Gasteiger partial charge in [0.1, 0.15) is 5.54 Å². The molecule has 0 unspecified atom stereocenters. The molecular formula is C12H16N2O2. The van der Waals surface area contributed by atoms with Gasteiger partial charge in [-0.3, -0.25) is 14.5 Å². The third kappa shape index (κ3) is 1.35. The quantitative estimate of drug-likeness (QED) is 0.631. The summed E-state index contributed by atoms with van der Waals surface area (Å²) in [6.07, 6.45) is 3.93. The van der Waals surface area contributed by atoms with Crippen LogP contribution in [0.25, 0.3) is 0 Å². The first kappa shape index (κ1) is 11.1. The van der Waals surface area contributed by atoms with E-state index < -0.39 is 11.0 Å². The molecule has 0 aromatic rings. The van der Waals surface area contributed by atoms with Crippen molar-refractivity contribution in [3.05, 3.63) is 0 Å². The Balaban J connectivity index is 2.34. The summed E-state index contributed by atoms with van der Waals surface area (Å²) in [5, 5.41) is 9.03. The molecule has 4 heteroatoms. The number of amides is 2. The summed E-state index contributed by atoms with van der Waals surface area (Å²) in [5.41, 5.74) is -1.48. The van der Waals surface area contributed by atoms with Crippen molar-refractivity contribution < 1.29 is 9.59 Å². The topological polar surface area (TPSA) is 61.2 Å². The van der Waals surface area contributed by atoms with E-state index in [4.69, 9.17) is 5.26 Å². The monoisotopic (exact) mass is 220 g/mol. The van der Waals surface area contributed by atoms with Crippen molar-refractivity contribution in [2.45, 2.75) is 51.5 Å². The minimum atomic E-state index is -1.01. The number of carbonyl (C=O) groups excluding carboxylic acids is 2. The first-order valence-electron chi connectivity index (χ1n) is 5.72. The van der Waals surface area contributed by atoms with Crippen molar-refractivity contribution >= 4 is 11.8 Å². The molecule has 86 valence electrons. The Hall–Kier alpha value is -1.37. The van der Waals surface area contributed by atoms with E-state index in [0.29, 0.717) is 6.42 Å². The summed E-state index contributed by atoms with van der Waals surface area (Å²) in [5.74, 6) is -0.306. The number of rotatable bonds is 1. The molecule has 1 saturated heterocycles. The van der Waals surface area contributed by atoms with Crippen LogP contribution < -0.4 is 0 Å². The molecule has 0 atom stereocenters. The van der Waals surface area contributed by atoms with Crippen molar-refractivity contribution in [3.63, 3.8) is 0 Å². The van der Waals surface area contributed by atoms with Gasteiger partial charge in [0, 0.05) is 6.42 Å². The van der Waals surface area contributed by atoms with Crippen molar-refractivity contribution in [1.82, 2.24) is 4.90 Å². The Kier molecular flexibility index (Phi) is 2.30. The van der Waals surface area contributed by atoms with Crippen LogP contribution >= 0.6 is 0 Å². The minimum Gasteiger partial charge on any atom is -0.274 e. The predicted molar refractivity (Wildman–Crippen MR) is 57.1 cm³/mol. The second-order valence-electron chi connectivity index (χ2n) is 5.37. The average molecular weight is 220 g/mol. The van der Waals surface area contributed by atoms with E-state index in [1.165, 1.54) is 4.90 Å². The van der Waals surface area contributed by atoms with Crippen LogP contribution in [0.5, 0.6) is 0 Å². The minimum absolute atomic E-state index is 0.124. The van der Waals surface area contributed by atoms with Gasteiger partial charge in [-0.05, 0) is 26.7 Å². The lowest BCUT2D eigenvalue weighted by Crippen LogP contribution is -2.48. The Bertz CT molecular complexity index is 386. The normalized spacial score (nSPS) is 24.2. The summed E-state index contributed by atoms with van der Waals surface area (Å²) in [7, 11) is 0. The molecule has 0 radical (unpaired) electrons. The summed E-state index contributed by atoms with van der Waals surface area (Å²) < 4.78 is 0. The number of imide groups is 1. The van der Waals surface area contributed by atoms with Gasteiger partial charge in [0.25, 0.3) is 0 Å². The van der Waals surface area contributed by atoms with Gasteiger partial charge in [-0.15, -0.1) is 0 Å². The van der Waals surface area contributed by atoms with Crippen molar-refractivity contribution in [2.75, 3.05) is 0 Å². The molecule has 0 N–H and O–H groups in total. The molecule has 0 bridgehead atoms. The Morgan fingerprint density at radius 2 is 1.88 bits per heavy atom. The molecular weight excluding hydrogens is 204 g/mol. The molecule has 16 heavy (non-hydrogen) atoms. The highest BCUT2D eigenvalue weighted by molar-refractivity contribution is 6.07. The second kappa shape index (κ2) is 3.31. The summed E-state index contributed by atoms with van der Waals surface area (Å²) >= 11 is 0. The first-order valence-corrected chi connectivity index (χ1v) is 5.72. The standard InChI is InChI=1S/C12H16N2O2/c1-11(2,8-13)14-9(15)7-12(10(14)16)5-3-4-6-12/h3-7H2,1-2H3. The molecule has 1 heterocycles. The first-order chi connectivity index (χ1) is 7.43. The Labute approximate surface area is 95.2 Å². The maximum Gasteiger partial charge on any atom is 0.237 e. The average Bonchev–Trinajstić information content (AvgIpc) is 2.75. The smallest absolute Gasteiger partial charge is 0.237 e. The molecule has 4 nitrogen and oxygen atoms in total. The summed E-state index contributed by atoms with van der Waals surface area (Å²) in [6.45, 7) is 3.24. The van der Waals surface area contributed by atoms with Crippen LogP contribution in [0.3, 0.4) is 0 Å². The second-order valence-corrected chi connectivity index (χ2v) is 5.37. The molecule has 2 amide bonds. The predicted octanol–water partition coefficient (Wildman–Crippen LogP) is 1.61. The molecule has 2 rings (SSSR count). The number of nitriles is 1. The highest BCUT2D eigenvalue weighted by Gasteiger charge is 2.56. The third-order valence-electron chi connectivity index (χ3n) is 3.79. The Morgan fingerprint density at radius 1 is 1.31 bits per heavy atom. The molecule has 0 aromatic carbocycles. The summed E-state index contributed by atoms with van der Waals surface area (Å²) in [6, 6.07) is 2.03. The van der Waals surface area contributed by atoms with E-state index in [-0.39, 0.29) is 11.8 Å². The zero-order chi connectivity index (χ0) is 12.0. The van der Waals surface area contributed by atoms with Crippen LogP contribution in [-0.2, 0) is 9.59 Å². The lowest BCUT2D eigenvalue weighted by molar-refractivity contribution is -0.145. The van der Waals surface area contributed by atoms with E-state index in [1.54, 1.807) is 13.8 Å². The van der Waals surface area contributed by atoms with Gasteiger partial charge in [0.15, 0.2) is 0 Å². The van der Waals surface area contributed by atoms with Crippen LogP contribution in [0.4, 0.5) is 0 Å². The highest BCUT2D eigenvalue weighted by Crippen LogP contribution is 2.48. The van der Waals surface area contributed by atoms with Gasteiger partial charge in [0.2, 0.25) is 11.8 Å². The van der Waals surface area contributed by atoms with Gasteiger partial charge in [-0.2, -0.15) is 5.26 Å². The fourth-order valence-electron chi connectivity index (χ4n) is 2.85. The number of hydrogen-bond acceptors (Lipinski definition) is 3. The number of carbonyl (C=O) groups is 2. The van der Waals surface area contributed by atoms with Gasteiger partial charge in [0.05, 0.1) is 11.5 Å². The lowest BCUT2D eigenvalue weighted by Gasteiger charge is -2.29. The van der Waals surface area contributed by atoms with Crippen molar-refractivity contribution in [2.24, 2.45) is 5.41 Å². The fraction of sp³-hybridized carbons (Fsp3) is 0.750. The Morgan fingerprint density at radius 3 is 2.38 bits per heavy atom. The van der Waals surface area contributed by atoms with Gasteiger partial charge in [-0.25, -0.2) is 0 Å². The lowest BCUT2D eigenvalue weighted by atomic mass is 9.84. The summed E-state index contributed by atoms with van der Waals surface area (Å²) in [4.78, 5) is 25.4. The molecule has 1 saturated carbocycles. The van der Waals surface area contributed by atoms with Crippen LogP contribution in [0.2, 0.25) is 0 Å². The molecule has 2 fully saturated rings. The largest absolute Gasteiger partial charge is 0.274 e. The molecule has 1 aliphatic carbocycles. The van der Waals surface area contributed by atoms with Crippen LogP contribution in [0.15, 0.2) is 0 Å². The van der Waals surface area contributed by atoms with E-state index in [0.717, 1.165) is 25.7 Å². The SMILES string of the molecule is CC(C)(C#N)N1C(=O)CC2(CCCC2)C1=O. The van der Waals surface area contributed by atoms with Crippen molar-refractivity contribution in [3.8, 4) is 6.07 Å². The van der Waals surface area contributed by atoms with Gasteiger partial charge < -0.3 is 0 Å². The molecule has 0 aromatic heterocycles. The van der Waals surface area contributed by atoms with Crippen LogP contribution in [0, 0.1) is 16.7 Å². The molecule has 1 aliphatic heterocycles. The number of likely N-dealkylation sites (tertiary alicyclic amines) is 1. The van der Waals surface area contributed by atoms with E-state index in [2.05, 4.69) is 0 Å². The maximum absolute atomic E-state index is 12.3. The third-order valence-corrected chi connectivity index (χ3v) is 3.79. The van der Waals surface area contributed by atoms with E-state index >= 15 is 0 Å². The molecule has 2 aliphatic rings. The zero-order valence-electron chi connectivity index (χ0n) is 9.75. The number of nitrogens with zero attached hydrogens (tertiary/aromatic N) is 2. The number of hydrogen-bond donors (Lipinski definition) is 0. The van der Waals surface area contributed by atoms with Gasteiger partial charge in [-0.1, -0.05) is 12.8 Å². The van der Waals surface area contributed by atoms with Gasteiger partial charge >= 0.3 is 0 Å². The highest BCUT2D eigenvalue weighted by atomic mass is 16.2. The fourth-order valence-corrected chi connectivity index (χ4v) is 2.85. The van der Waals surface area contributed by atoms with Crippen molar-refractivity contribution in [1.29, 1.82) is 5.26 Å². The van der Waals surface area contributed by atoms with Crippen LogP contribution in [0.1, 0.15) is 46.0 Å².